The van der Waals surface area contributed by atoms with E-state index in [0.717, 1.165) is 36.2 Å². The van der Waals surface area contributed by atoms with Crippen LogP contribution in [0.4, 0.5) is 0 Å². The lowest BCUT2D eigenvalue weighted by atomic mass is 10.1. The lowest BCUT2D eigenvalue weighted by Gasteiger charge is -2.28. The van der Waals surface area contributed by atoms with Crippen molar-refractivity contribution in [1.29, 1.82) is 0 Å². The molecule has 3 aliphatic rings. The van der Waals surface area contributed by atoms with Gasteiger partial charge in [-0.1, -0.05) is 37.8 Å². The molecule has 1 aromatic rings. The van der Waals surface area contributed by atoms with E-state index in [0.29, 0.717) is 5.75 Å². The highest BCUT2D eigenvalue weighted by Gasteiger charge is 2.32. The van der Waals surface area contributed by atoms with Crippen LogP contribution in [0, 0.1) is 0 Å². The molecule has 1 N–H and O–H groups in total. The van der Waals surface area contributed by atoms with Gasteiger partial charge in [0, 0.05) is 35.8 Å². The highest BCUT2D eigenvalue weighted by molar-refractivity contribution is 7.99. The fourth-order valence-electron chi connectivity index (χ4n) is 4.30. The summed E-state index contributed by atoms with van der Waals surface area (Å²) in [5.41, 5.74) is 0. The van der Waals surface area contributed by atoms with Gasteiger partial charge in [0.15, 0.2) is 6.10 Å². The maximum Gasteiger partial charge on any atom is 0.262 e. The highest BCUT2D eigenvalue weighted by atomic mass is 32.2. The predicted octanol–water partition coefficient (Wildman–Crippen LogP) is 3.45. The quantitative estimate of drug-likeness (QED) is 0.839. The maximum atomic E-state index is 12.6. The van der Waals surface area contributed by atoms with Crippen LogP contribution in [0.2, 0.25) is 0 Å². The Balaban J connectivity index is 1.29. The van der Waals surface area contributed by atoms with Crippen molar-refractivity contribution >= 4 is 17.7 Å². The van der Waals surface area contributed by atoms with Gasteiger partial charge in [0.2, 0.25) is 0 Å². The summed E-state index contributed by atoms with van der Waals surface area (Å²) in [6.45, 7) is 2.13. The first kappa shape index (κ1) is 17.2. The van der Waals surface area contributed by atoms with Crippen molar-refractivity contribution in [1.82, 2.24) is 10.2 Å². The summed E-state index contributed by atoms with van der Waals surface area (Å²) in [5, 5.41) is 3.25. The van der Waals surface area contributed by atoms with E-state index in [1.165, 1.54) is 38.5 Å². The number of nitrogens with zero attached hydrogens (tertiary/aromatic N) is 1. The molecule has 1 amide bonds. The maximum absolute atomic E-state index is 12.6. The first-order chi connectivity index (χ1) is 12.3. The predicted molar refractivity (Wildman–Crippen MR) is 101 cm³/mol. The molecule has 1 aromatic carbocycles. The van der Waals surface area contributed by atoms with Crippen molar-refractivity contribution < 1.29 is 9.53 Å². The van der Waals surface area contributed by atoms with E-state index < -0.39 is 0 Å². The largest absolute Gasteiger partial charge is 0.479 e. The van der Waals surface area contributed by atoms with Crippen LogP contribution in [-0.2, 0) is 4.79 Å². The number of nitrogens with one attached hydrogen (secondary N) is 1. The van der Waals surface area contributed by atoms with Gasteiger partial charge in [-0.25, -0.2) is 0 Å². The molecule has 0 radical (unpaired) electrons. The normalized spacial score (nSPS) is 28.0. The summed E-state index contributed by atoms with van der Waals surface area (Å²) in [7, 11) is 0. The summed E-state index contributed by atoms with van der Waals surface area (Å²) in [4.78, 5) is 16.4. The fourth-order valence-corrected chi connectivity index (χ4v) is 5.29. The Hall–Kier alpha value is -1.20. The van der Waals surface area contributed by atoms with Crippen LogP contribution < -0.4 is 10.1 Å². The molecular formula is C20H28N2O2S. The average Bonchev–Trinajstić information content (AvgIpc) is 2.93. The van der Waals surface area contributed by atoms with Gasteiger partial charge in [-0.15, -0.1) is 11.8 Å². The van der Waals surface area contributed by atoms with Crippen LogP contribution in [0.25, 0.3) is 0 Å². The minimum absolute atomic E-state index is 0.0507. The summed E-state index contributed by atoms with van der Waals surface area (Å²) in [6.07, 6.45) is 8.88. The van der Waals surface area contributed by atoms with Crippen molar-refractivity contribution in [2.75, 3.05) is 18.8 Å². The zero-order valence-corrected chi connectivity index (χ0v) is 15.6. The number of thioether (sulfide) groups is 1. The third-order valence-electron chi connectivity index (χ3n) is 5.71. The molecular weight excluding hydrogens is 332 g/mol. The van der Waals surface area contributed by atoms with E-state index >= 15 is 0 Å². The Labute approximate surface area is 154 Å². The fraction of sp³-hybridized carbons (Fsp3) is 0.650. The second kappa shape index (κ2) is 8.00. The second-order valence-electron chi connectivity index (χ2n) is 7.50. The zero-order chi connectivity index (χ0) is 17.1. The first-order valence-electron chi connectivity index (χ1n) is 9.72. The molecule has 2 fully saturated rings. The number of ether oxygens (including phenoxy) is 1. The minimum Gasteiger partial charge on any atom is -0.479 e. The smallest absolute Gasteiger partial charge is 0.262 e. The molecule has 5 heteroatoms. The zero-order valence-electron chi connectivity index (χ0n) is 14.8. The van der Waals surface area contributed by atoms with Crippen molar-refractivity contribution in [3.8, 4) is 5.75 Å². The molecule has 1 saturated heterocycles. The van der Waals surface area contributed by atoms with E-state index in [4.69, 9.17) is 4.74 Å². The van der Waals surface area contributed by atoms with Crippen LogP contribution in [0.15, 0.2) is 29.2 Å². The molecule has 25 heavy (non-hydrogen) atoms. The monoisotopic (exact) mass is 360 g/mol. The summed E-state index contributed by atoms with van der Waals surface area (Å²) in [6, 6.07) is 8.98. The number of likely N-dealkylation sites (tertiary alicyclic amines) is 1. The molecule has 1 aliphatic carbocycles. The lowest BCUT2D eigenvalue weighted by Crippen LogP contribution is -2.47. The van der Waals surface area contributed by atoms with Gasteiger partial charge in [0.05, 0.1) is 0 Å². The van der Waals surface area contributed by atoms with E-state index in [-0.39, 0.29) is 18.1 Å². The Morgan fingerprint density at radius 1 is 1.12 bits per heavy atom. The Kier molecular flexibility index (Phi) is 5.51. The molecule has 136 valence electrons. The van der Waals surface area contributed by atoms with Crippen LogP contribution in [-0.4, -0.2) is 47.8 Å². The molecule has 2 atom stereocenters. The molecule has 0 spiro atoms. The number of amides is 1. The molecule has 4 nitrogen and oxygen atoms in total. The van der Waals surface area contributed by atoms with Crippen LogP contribution in [0.3, 0.4) is 0 Å². The van der Waals surface area contributed by atoms with Crippen LogP contribution in [0.5, 0.6) is 5.75 Å². The third-order valence-corrected chi connectivity index (χ3v) is 6.83. The van der Waals surface area contributed by atoms with Gasteiger partial charge in [0.25, 0.3) is 5.91 Å². The minimum atomic E-state index is -0.369. The van der Waals surface area contributed by atoms with Crippen molar-refractivity contribution in [3.05, 3.63) is 24.3 Å². The van der Waals surface area contributed by atoms with E-state index in [1.54, 1.807) is 11.8 Å². The van der Waals surface area contributed by atoms with E-state index in [9.17, 15) is 4.79 Å². The number of carbonyl (C=O) groups excluding carboxylic acids is 1. The second-order valence-corrected chi connectivity index (χ2v) is 8.56. The van der Waals surface area contributed by atoms with Gasteiger partial charge in [-0.2, -0.15) is 0 Å². The summed E-state index contributed by atoms with van der Waals surface area (Å²) in [5.74, 6) is 1.59. The number of para-hydroxylation sites is 1. The molecule has 2 aliphatic heterocycles. The summed E-state index contributed by atoms with van der Waals surface area (Å²) >= 11 is 1.71. The number of rotatable bonds is 3. The van der Waals surface area contributed by atoms with Crippen molar-refractivity contribution in [2.45, 2.75) is 68.0 Å². The standard InChI is InChI=1S/C20H28N2O2S/c23-20(18-14-25-19-10-6-5-9-17(19)24-18)21-15-11-12-22(13-15)16-7-3-1-2-4-8-16/h5-6,9-10,15-16,18H,1-4,7-8,11-14H2,(H,21,23). The number of carbonyl (C=O) groups is 1. The topological polar surface area (TPSA) is 41.6 Å². The Bertz CT molecular complexity index is 601. The van der Waals surface area contributed by atoms with Gasteiger partial charge < -0.3 is 10.1 Å². The van der Waals surface area contributed by atoms with Gasteiger partial charge >= 0.3 is 0 Å². The van der Waals surface area contributed by atoms with Gasteiger partial charge in [0.1, 0.15) is 5.75 Å². The Morgan fingerprint density at radius 2 is 1.92 bits per heavy atom. The highest BCUT2D eigenvalue weighted by Crippen LogP contribution is 2.35. The van der Waals surface area contributed by atoms with Crippen molar-refractivity contribution in [2.24, 2.45) is 0 Å². The molecule has 1 saturated carbocycles. The average molecular weight is 361 g/mol. The van der Waals surface area contributed by atoms with E-state index in [1.807, 2.05) is 18.2 Å². The SMILES string of the molecule is O=C(NC1CCN(C2CCCCCC2)C1)C1CSc2ccccc2O1. The third kappa shape index (κ3) is 4.14. The molecule has 0 bridgehead atoms. The number of hydrogen-bond donors (Lipinski definition) is 1. The number of hydrogen-bond acceptors (Lipinski definition) is 4. The molecule has 4 rings (SSSR count). The number of benzene rings is 1. The lowest BCUT2D eigenvalue weighted by molar-refractivity contribution is -0.127. The first-order valence-corrected chi connectivity index (χ1v) is 10.7. The summed E-state index contributed by atoms with van der Waals surface area (Å²) < 4.78 is 5.92. The number of fused-ring (bicyclic) bond motifs is 1. The van der Waals surface area contributed by atoms with Gasteiger partial charge in [-0.3, -0.25) is 9.69 Å². The van der Waals surface area contributed by atoms with Crippen LogP contribution in [0.1, 0.15) is 44.9 Å². The Morgan fingerprint density at radius 3 is 2.76 bits per heavy atom. The molecule has 0 aromatic heterocycles. The van der Waals surface area contributed by atoms with Crippen LogP contribution >= 0.6 is 11.8 Å². The van der Waals surface area contributed by atoms with E-state index in [2.05, 4.69) is 16.3 Å². The van der Waals surface area contributed by atoms with Gasteiger partial charge in [-0.05, 0) is 31.4 Å². The van der Waals surface area contributed by atoms with Crippen molar-refractivity contribution in [3.63, 3.8) is 0 Å². The molecule has 2 heterocycles. The molecule has 2 unspecified atom stereocenters.